The lowest BCUT2D eigenvalue weighted by Gasteiger charge is -1.89. The summed E-state index contributed by atoms with van der Waals surface area (Å²) in [6.45, 7) is 2.76. The van der Waals surface area contributed by atoms with Crippen molar-refractivity contribution in [2.45, 2.75) is 13.5 Å². The first-order valence-corrected chi connectivity index (χ1v) is 3.67. The van der Waals surface area contributed by atoms with Gasteiger partial charge in [-0.3, -0.25) is 4.68 Å². The normalized spacial score (nSPS) is 10.8. The van der Waals surface area contributed by atoms with E-state index in [1.54, 1.807) is 10.7 Å². The molecule has 0 spiro atoms. The molecular weight excluding hydrogens is 156 g/mol. The fourth-order valence-electron chi connectivity index (χ4n) is 0.799. The van der Waals surface area contributed by atoms with Crippen molar-refractivity contribution in [3.63, 3.8) is 0 Å². The number of hydrogen-bond donors (Lipinski definition) is 1. The highest BCUT2D eigenvalue weighted by molar-refractivity contribution is 5.84. The van der Waals surface area contributed by atoms with Crippen LogP contribution >= 0.6 is 0 Å². The summed E-state index contributed by atoms with van der Waals surface area (Å²) in [5, 5.41) is 12.4. The van der Waals surface area contributed by atoms with E-state index in [9.17, 15) is 4.79 Å². The number of rotatable bonds is 3. The molecule has 0 aliphatic rings. The molecule has 1 heterocycles. The molecule has 0 saturated heterocycles. The standard InChI is InChI=1S/C8H10N2O2/c1-2-10-6-5-7(9-10)3-4-8(11)12/h3-6H,2H2,1H3,(H,11,12)/b4-3+. The van der Waals surface area contributed by atoms with Crippen molar-refractivity contribution >= 4 is 12.0 Å². The van der Waals surface area contributed by atoms with Crippen LogP contribution in [0.25, 0.3) is 6.08 Å². The average molecular weight is 166 g/mol. The van der Waals surface area contributed by atoms with Gasteiger partial charge in [-0.15, -0.1) is 0 Å². The van der Waals surface area contributed by atoms with Crippen LogP contribution in [-0.4, -0.2) is 20.9 Å². The molecule has 1 aromatic heterocycles. The fourth-order valence-corrected chi connectivity index (χ4v) is 0.799. The molecular formula is C8H10N2O2. The first-order valence-electron chi connectivity index (χ1n) is 3.67. The maximum Gasteiger partial charge on any atom is 0.328 e. The number of carbonyl (C=O) groups is 1. The van der Waals surface area contributed by atoms with Crippen molar-refractivity contribution in [2.75, 3.05) is 0 Å². The Morgan fingerprint density at radius 1 is 1.83 bits per heavy atom. The van der Waals surface area contributed by atoms with Gasteiger partial charge in [0.25, 0.3) is 0 Å². The van der Waals surface area contributed by atoms with Crippen molar-refractivity contribution in [3.8, 4) is 0 Å². The lowest BCUT2D eigenvalue weighted by Crippen LogP contribution is -1.93. The zero-order valence-corrected chi connectivity index (χ0v) is 6.77. The van der Waals surface area contributed by atoms with Crippen molar-refractivity contribution in [3.05, 3.63) is 24.0 Å². The second-order valence-electron chi connectivity index (χ2n) is 2.27. The number of aromatic nitrogens is 2. The Bertz CT molecular complexity index is 302. The van der Waals surface area contributed by atoms with Crippen LogP contribution < -0.4 is 0 Å². The fraction of sp³-hybridized carbons (Fsp3) is 0.250. The van der Waals surface area contributed by atoms with Crippen LogP contribution in [0, 0.1) is 0 Å². The van der Waals surface area contributed by atoms with Crippen LogP contribution in [0.1, 0.15) is 12.6 Å². The highest BCUT2D eigenvalue weighted by atomic mass is 16.4. The van der Waals surface area contributed by atoms with Gasteiger partial charge in [0.2, 0.25) is 0 Å². The molecule has 1 rings (SSSR count). The number of carboxylic acids is 1. The molecule has 0 radical (unpaired) electrons. The van der Waals surface area contributed by atoms with Gasteiger partial charge in [-0.05, 0) is 19.1 Å². The van der Waals surface area contributed by atoms with Gasteiger partial charge in [-0.2, -0.15) is 5.10 Å². The summed E-state index contributed by atoms with van der Waals surface area (Å²) >= 11 is 0. The molecule has 64 valence electrons. The van der Waals surface area contributed by atoms with Gasteiger partial charge >= 0.3 is 5.97 Å². The predicted molar refractivity (Wildman–Crippen MR) is 44.6 cm³/mol. The molecule has 0 saturated carbocycles. The maximum absolute atomic E-state index is 10.1. The summed E-state index contributed by atoms with van der Waals surface area (Å²) in [6.07, 6.45) is 4.35. The van der Waals surface area contributed by atoms with Gasteiger partial charge < -0.3 is 5.11 Å². The zero-order chi connectivity index (χ0) is 8.97. The summed E-state index contributed by atoms with van der Waals surface area (Å²) < 4.78 is 1.74. The lowest BCUT2D eigenvalue weighted by molar-refractivity contribution is -0.131. The largest absolute Gasteiger partial charge is 0.478 e. The van der Waals surface area contributed by atoms with Crippen molar-refractivity contribution < 1.29 is 9.90 Å². The number of aryl methyl sites for hydroxylation is 1. The molecule has 0 aromatic carbocycles. The third-order valence-electron chi connectivity index (χ3n) is 1.38. The summed E-state index contributed by atoms with van der Waals surface area (Å²) in [5.41, 5.74) is 0.666. The van der Waals surface area contributed by atoms with Crippen LogP contribution in [0.3, 0.4) is 0 Å². The number of hydrogen-bond acceptors (Lipinski definition) is 2. The molecule has 0 amide bonds. The van der Waals surface area contributed by atoms with E-state index in [-0.39, 0.29) is 0 Å². The quantitative estimate of drug-likeness (QED) is 0.681. The molecule has 0 aliphatic heterocycles. The van der Waals surface area contributed by atoms with Gasteiger partial charge in [0, 0.05) is 18.8 Å². The Morgan fingerprint density at radius 3 is 3.08 bits per heavy atom. The minimum Gasteiger partial charge on any atom is -0.478 e. The van der Waals surface area contributed by atoms with Crippen LogP contribution in [0.15, 0.2) is 18.3 Å². The van der Waals surface area contributed by atoms with E-state index in [1.165, 1.54) is 6.08 Å². The van der Waals surface area contributed by atoms with E-state index in [2.05, 4.69) is 5.10 Å². The third-order valence-corrected chi connectivity index (χ3v) is 1.38. The number of carboxylic acid groups (broad SMARTS) is 1. The molecule has 12 heavy (non-hydrogen) atoms. The topological polar surface area (TPSA) is 55.1 Å². The summed E-state index contributed by atoms with van der Waals surface area (Å²) in [7, 11) is 0. The molecule has 1 N–H and O–H groups in total. The summed E-state index contributed by atoms with van der Waals surface area (Å²) in [4.78, 5) is 10.1. The minimum absolute atomic E-state index is 0.666. The van der Waals surface area contributed by atoms with Gasteiger partial charge in [-0.25, -0.2) is 4.79 Å². The second kappa shape index (κ2) is 3.71. The van der Waals surface area contributed by atoms with Gasteiger partial charge in [0.15, 0.2) is 0 Å². The van der Waals surface area contributed by atoms with Crippen molar-refractivity contribution in [2.24, 2.45) is 0 Å². The Kier molecular flexibility index (Phi) is 2.63. The van der Waals surface area contributed by atoms with E-state index >= 15 is 0 Å². The maximum atomic E-state index is 10.1. The predicted octanol–water partition coefficient (Wildman–Crippen LogP) is 1.00. The monoisotopic (exact) mass is 166 g/mol. The van der Waals surface area contributed by atoms with E-state index in [1.807, 2.05) is 13.1 Å². The summed E-state index contributed by atoms with van der Waals surface area (Å²) in [6, 6.07) is 1.77. The molecule has 0 bridgehead atoms. The highest BCUT2D eigenvalue weighted by Crippen LogP contribution is 1.97. The molecule has 0 atom stereocenters. The Morgan fingerprint density at radius 2 is 2.58 bits per heavy atom. The first-order chi connectivity index (χ1) is 5.72. The summed E-state index contributed by atoms with van der Waals surface area (Å²) in [5.74, 6) is -0.957. The number of nitrogens with zero attached hydrogens (tertiary/aromatic N) is 2. The zero-order valence-electron chi connectivity index (χ0n) is 6.77. The van der Waals surface area contributed by atoms with Gasteiger partial charge in [-0.1, -0.05) is 0 Å². The van der Waals surface area contributed by atoms with Crippen LogP contribution in [0.5, 0.6) is 0 Å². The Labute approximate surface area is 70.1 Å². The third kappa shape index (κ3) is 2.23. The Hall–Kier alpha value is -1.58. The van der Waals surface area contributed by atoms with E-state index < -0.39 is 5.97 Å². The molecule has 0 unspecified atom stereocenters. The molecule has 4 heteroatoms. The Balaban J connectivity index is 2.70. The number of aliphatic carboxylic acids is 1. The minimum atomic E-state index is -0.957. The van der Waals surface area contributed by atoms with Gasteiger partial charge in [0.1, 0.15) is 0 Å². The molecule has 4 nitrogen and oxygen atoms in total. The molecule has 0 aliphatic carbocycles. The smallest absolute Gasteiger partial charge is 0.328 e. The van der Waals surface area contributed by atoms with Gasteiger partial charge in [0.05, 0.1) is 5.69 Å². The van der Waals surface area contributed by atoms with Crippen molar-refractivity contribution in [1.29, 1.82) is 0 Å². The van der Waals surface area contributed by atoms with Crippen LogP contribution in [-0.2, 0) is 11.3 Å². The SMILES string of the molecule is CCn1ccc(/C=C/C(=O)O)n1. The molecule has 0 fully saturated rings. The molecule has 1 aromatic rings. The van der Waals surface area contributed by atoms with E-state index in [4.69, 9.17) is 5.11 Å². The van der Waals surface area contributed by atoms with Crippen LogP contribution in [0.2, 0.25) is 0 Å². The van der Waals surface area contributed by atoms with E-state index in [0.29, 0.717) is 5.69 Å². The second-order valence-corrected chi connectivity index (χ2v) is 2.27. The van der Waals surface area contributed by atoms with E-state index in [0.717, 1.165) is 12.6 Å². The highest BCUT2D eigenvalue weighted by Gasteiger charge is 1.93. The average Bonchev–Trinajstić information content (AvgIpc) is 2.48. The van der Waals surface area contributed by atoms with Crippen molar-refractivity contribution in [1.82, 2.24) is 9.78 Å². The first kappa shape index (κ1) is 8.52. The lowest BCUT2D eigenvalue weighted by atomic mass is 10.4. The van der Waals surface area contributed by atoms with Crippen LogP contribution in [0.4, 0.5) is 0 Å².